The zero-order chi connectivity index (χ0) is 25.0. The molecule has 0 atom stereocenters. The second-order valence-electron chi connectivity index (χ2n) is 8.68. The van der Waals surface area contributed by atoms with Gasteiger partial charge in [-0.3, -0.25) is 27.6 Å². The van der Waals surface area contributed by atoms with Crippen LogP contribution in [0.5, 0.6) is 0 Å². The molecule has 2 aromatic rings. The first-order chi connectivity index (χ1) is 16.1. The van der Waals surface area contributed by atoms with Crippen molar-refractivity contribution in [3.63, 3.8) is 0 Å². The van der Waals surface area contributed by atoms with Gasteiger partial charge >= 0.3 is 0 Å². The zero-order valence-corrected chi connectivity index (χ0v) is 19.0. The average Bonchev–Trinajstić information content (AvgIpc) is 2.84. The van der Waals surface area contributed by atoms with E-state index in [4.69, 9.17) is 0 Å². The van der Waals surface area contributed by atoms with Crippen molar-refractivity contribution < 1.29 is 27.2 Å². The standard InChI is InChI=1S/C23H26F4N4O3/c1-14-15(2)21(33)29-28-19(14)8-16-3-4-18(27)17(7-16)22(34)30-5-6-31(20(32)9-30)13-23(10-24,11-25)12-26/h3-4,7H,5-6,8-13H2,1-2H3,(H,29,33). The third-order valence-corrected chi connectivity index (χ3v) is 6.24. The first-order valence-electron chi connectivity index (χ1n) is 10.7. The fourth-order valence-corrected chi connectivity index (χ4v) is 3.74. The van der Waals surface area contributed by atoms with Gasteiger partial charge in [-0.15, -0.1) is 0 Å². The van der Waals surface area contributed by atoms with E-state index in [2.05, 4.69) is 10.2 Å². The molecule has 184 valence electrons. The van der Waals surface area contributed by atoms with E-state index in [1.807, 2.05) is 0 Å². The molecule has 0 aliphatic carbocycles. The molecule has 1 fully saturated rings. The van der Waals surface area contributed by atoms with Crippen molar-refractivity contribution in [3.8, 4) is 0 Å². The van der Waals surface area contributed by atoms with Gasteiger partial charge in [-0.2, -0.15) is 5.10 Å². The molecule has 1 aliphatic rings. The van der Waals surface area contributed by atoms with Crippen LogP contribution in [-0.2, 0) is 11.2 Å². The van der Waals surface area contributed by atoms with E-state index in [0.29, 0.717) is 22.4 Å². The maximum atomic E-state index is 14.5. The van der Waals surface area contributed by atoms with Gasteiger partial charge in [0.2, 0.25) is 5.91 Å². The normalized spacial score (nSPS) is 14.6. The van der Waals surface area contributed by atoms with Gasteiger partial charge in [-0.05, 0) is 37.1 Å². The van der Waals surface area contributed by atoms with Crippen LogP contribution in [0.1, 0.15) is 32.7 Å². The van der Waals surface area contributed by atoms with E-state index in [1.54, 1.807) is 13.8 Å². The lowest BCUT2D eigenvalue weighted by molar-refractivity contribution is -0.137. The number of aromatic nitrogens is 2. The van der Waals surface area contributed by atoms with Crippen LogP contribution in [0.2, 0.25) is 0 Å². The monoisotopic (exact) mass is 482 g/mol. The number of carbonyl (C=O) groups excluding carboxylic acids is 2. The maximum Gasteiger partial charge on any atom is 0.267 e. The van der Waals surface area contributed by atoms with E-state index in [1.165, 1.54) is 12.1 Å². The molecule has 0 spiro atoms. The second-order valence-corrected chi connectivity index (χ2v) is 8.68. The number of amides is 2. The Kier molecular flexibility index (Phi) is 7.73. The number of H-pyrrole nitrogens is 1. The van der Waals surface area contributed by atoms with Gasteiger partial charge in [0.25, 0.3) is 11.5 Å². The Labute approximate surface area is 193 Å². The SMILES string of the molecule is Cc1c(Cc2ccc(F)c(C(=O)N3CCN(CC(CF)(CF)CF)C(=O)C3)c2)n[nH]c(=O)c1C. The summed E-state index contributed by atoms with van der Waals surface area (Å²) in [6.45, 7) is -1.25. The van der Waals surface area contributed by atoms with Crippen LogP contribution in [0.25, 0.3) is 0 Å². The first kappa shape index (κ1) is 25.4. The van der Waals surface area contributed by atoms with Crippen LogP contribution in [0.3, 0.4) is 0 Å². The molecule has 0 unspecified atom stereocenters. The number of nitrogens with zero attached hydrogens (tertiary/aromatic N) is 3. The predicted molar refractivity (Wildman–Crippen MR) is 116 cm³/mol. The van der Waals surface area contributed by atoms with Gasteiger partial charge in [0.05, 0.1) is 16.7 Å². The summed E-state index contributed by atoms with van der Waals surface area (Å²) in [4.78, 5) is 39.4. The number of rotatable bonds is 8. The summed E-state index contributed by atoms with van der Waals surface area (Å²) < 4.78 is 54.1. The number of carbonyl (C=O) groups is 2. The lowest BCUT2D eigenvalue weighted by Crippen LogP contribution is -2.56. The number of aromatic amines is 1. The number of hydrogen-bond donors (Lipinski definition) is 1. The lowest BCUT2D eigenvalue weighted by atomic mass is 9.92. The summed E-state index contributed by atoms with van der Waals surface area (Å²) in [6.07, 6.45) is 0.245. The van der Waals surface area contributed by atoms with Crippen molar-refractivity contribution in [2.45, 2.75) is 20.3 Å². The molecule has 2 heterocycles. The highest BCUT2D eigenvalue weighted by atomic mass is 19.2. The van der Waals surface area contributed by atoms with Gasteiger partial charge in [0, 0.05) is 31.6 Å². The molecule has 1 aromatic carbocycles. The van der Waals surface area contributed by atoms with Crippen molar-refractivity contribution >= 4 is 11.8 Å². The Morgan fingerprint density at radius 3 is 2.38 bits per heavy atom. The summed E-state index contributed by atoms with van der Waals surface area (Å²) in [5.41, 5.74) is -0.0943. The van der Waals surface area contributed by atoms with Crippen molar-refractivity contribution in [2.75, 3.05) is 46.2 Å². The predicted octanol–water partition coefficient (Wildman–Crippen LogP) is 2.30. The summed E-state index contributed by atoms with van der Waals surface area (Å²) in [7, 11) is 0. The molecule has 1 aliphatic heterocycles. The molecule has 0 saturated carbocycles. The highest BCUT2D eigenvalue weighted by Gasteiger charge is 2.37. The number of halogens is 4. The van der Waals surface area contributed by atoms with Crippen LogP contribution in [-0.4, -0.2) is 78.0 Å². The molecule has 11 heteroatoms. The number of hydrogen-bond acceptors (Lipinski definition) is 4. The molecule has 34 heavy (non-hydrogen) atoms. The molecule has 1 aromatic heterocycles. The Hall–Kier alpha value is -3.24. The van der Waals surface area contributed by atoms with E-state index in [9.17, 15) is 31.9 Å². The molecular weight excluding hydrogens is 456 g/mol. The fraction of sp³-hybridized carbons (Fsp3) is 0.478. The Bertz CT molecular complexity index is 1130. The average molecular weight is 482 g/mol. The van der Waals surface area contributed by atoms with Gasteiger partial charge in [0.1, 0.15) is 32.4 Å². The van der Waals surface area contributed by atoms with Crippen molar-refractivity contribution in [1.82, 2.24) is 20.0 Å². The summed E-state index contributed by atoms with van der Waals surface area (Å²) in [5, 5.41) is 6.43. The minimum absolute atomic E-state index is 0.00889. The largest absolute Gasteiger partial charge is 0.339 e. The second kappa shape index (κ2) is 10.4. The van der Waals surface area contributed by atoms with Crippen LogP contribution < -0.4 is 5.56 Å². The van der Waals surface area contributed by atoms with Crippen molar-refractivity contribution in [1.29, 1.82) is 0 Å². The van der Waals surface area contributed by atoms with E-state index in [-0.39, 0.29) is 30.6 Å². The van der Waals surface area contributed by atoms with E-state index >= 15 is 0 Å². The van der Waals surface area contributed by atoms with E-state index < -0.39 is 56.2 Å². The van der Waals surface area contributed by atoms with Gasteiger partial charge in [-0.1, -0.05) is 6.07 Å². The molecule has 1 saturated heterocycles. The highest BCUT2D eigenvalue weighted by Crippen LogP contribution is 2.24. The van der Waals surface area contributed by atoms with Gasteiger partial charge in [-0.25, -0.2) is 9.49 Å². The van der Waals surface area contributed by atoms with Crippen LogP contribution in [0, 0.1) is 25.1 Å². The van der Waals surface area contributed by atoms with Crippen LogP contribution in [0.15, 0.2) is 23.0 Å². The third-order valence-electron chi connectivity index (χ3n) is 6.24. The molecule has 7 nitrogen and oxygen atoms in total. The van der Waals surface area contributed by atoms with Crippen LogP contribution in [0.4, 0.5) is 17.6 Å². The number of piperazine rings is 1. The Morgan fingerprint density at radius 2 is 1.76 bits per heavy atom. The highest BCUT2D eigenvalue weighted by molar-refractivity contribution is 5.97. The molecule has 2 amide bonds. The van der Waals surface area contributed by atoms with Gasteiger partial charge in [0.15, 0.2) is 0 Å². The number of benzene rings is 1. The maximum absolute atomic E-state index is 14.5. The smallest absolute Gasteiger partial charge is 0.267 e. The number of alkyl halides is 3. The minimum atomic E-state index is -1.91. The van der Waals surface area contributed by atoms with Crippen LogP contribution >= 0.6 is 0 Å². The Morgan fingerprint density at radius 1 is 1.09 bits per heavy atom. The lowest BCUT2D eigenvalue weighted by Gasteiger charge is -2.38. The minimum Gasteiger partial charge on any atom is -0.339 e. The topological polar surface area (TPSA) is 86.4 Å². The summed E-state index contributed by atoms with van der Waals surface area (Å²) >= 11 is 0. The third kappa shape index (κ3) is 5.13. The molecule has 0 radical (unpaired) electrons. The fourth-order valence-electron chi connectivity index (χ4n) is 3.74. The summed E-state index contributed by atoms with van der Waals surface area (Å²) in [6, 6.07) is 4.02. The molecule has 0 bridgehead atoms. The molecule has 3 rings (SSSR count). The quantitative estimate of drug-likeness (QED) is 0.585. The summed E-state index contributed by atoms with van der Waals surface area (Å²) in [5.74, 6) is -2.07. The van der Waals surface area contributed by atoms with E-state index in [0.717, 1.165) is 15.9 Å². The zero-order valence-electron chi connectivity index (χ0n) is 19.0. The first-order valence-corrected chi connectivity index (χ1v) is 10.7. The number of nitrogens with one attached hydrogen (secondary N) is 1. The van der Waals surface area contributed by atoms with Crippen molar-refractivity contribution in [3.05, 3.63) is 62.3 Å². The Balaban J connectivity index is 1.75. The van der Waals surface area contributed by atoms with Crippen molar-refractivity contribution in [2.24, 2.45) is 5.41 Å². The molecule has 1 N–H and O–H groups in total. The van der Waals surface area contributed by atoms with Gasteiger partial charge < -0.3 is 9.80 Å². The molecular formula is C23H26F4N4O3.